The molecule has 9 nitrogen and oxygen atoms in total. The summed E-state index contributed by atoms with van der Waals surface area (Å²) in [6.07, 6.45) is -1.99. The number of methoxy groups -OCH3 is 2. The van der Waals surface area contributed by atoms with Crippen LogP contribution in [0.15, 0.2) is 60.4 Å². The standard InChI is InChI=1S/C26H28F3N5O4/c1-17(19-7-5-18(6-8-19)13-23(35)30-11-12-36-3)33-25(37-4)21-15-32-34(2)22(21)16-38-24-10-9-20(14-31-24)26(27,28)29/h5-10,14-15H,1,11-13,16H2,2-4H3,(H,30,35). The lowest BCUT2D eigenvalue weighted by Gasteiger charge is -2.11. The number of nitrogens with one attached hydrogen (secondary N) is 1. The van der Waals surface area contributed by atoms with Crippen molar-refractivity contribution in [3.05, 3.63) is 83.3 Å². The molecule has 2 heterocycles. The molecule has 0 atom stereocenters. The molecular formula is C26H28F3N5O4. The number of rotatable bonds is 11. The second-order valence-electron chi connectivity index (χ2n) is 8.08. The summed E-state index contributed by atoms with van der Waals surface area (Å²) in [7, 11) is 4.71. The number of benzene rings is 1. The molecule has 0 unspecified atom stereocenters. The summed E-state index contributed by atoms with van der Waals surface area (Å²) < 4.78 is 55.8. The average Bonchev–Trinajstić information content (AvgIpc) is 3.26. The third-order valence-electron chi connectivity index (χ3n) is 5.42. The third-order valence-corrected chi connectivity index (χ3v) is 5.42. The maximum absolute atomic E-state index is 12.8. The molecule has 12 heteroatoms. The van der Waals surface area contributed by atoms with Gasteiger partial charge in [-0.15, -0.1) is 0 Å². The van der Waals surface area contributed by atoms with E-state index in [2.05, 4.69) is 27.0 Å². The van der Waals surface area contributed by atoms with Crippen LogP contribution in [-0.4, -0.2) is 53.9 Å². The van der Waals surface area contributed by atoms with Crippen LogP contribution in [0.2, 0.25) is 0 Å². The van der Waals surface area contributed by atoms with Crippen LogP contribution in [0.25, 0.3) is 5.70 Å². The molecule has 3 rings (SSSR count). The highest BCUT2D eigenvalue weighted by atomic mass is 19.4. The molecule has 0 aliphatic heterocycles. The lowest BCUT2D eigenvalue weighted by Crippen LogP contribution is -2.28. The molecule has 0 radical (unpaired) electrons. The Morgan fingerprint density at radius 3 is 2.47 bits per heavy atom. The van der Waals surface area contributed by atoms with Crippen molar-refractivity contribution < 1.29 is 32.2 Å². The van der Waals surface area contributed by atoms with Crippen molar-refractivity contribution in [3.8, 4) is 5.88 Å². The van der Waals surface area contributed by atoms with E-state index in [0.717, 1.165) is 23.3 Å². The number of ether oxygens (including phenoxy) is 3. The number of amides is 1. The second kappa shape index (κ2) is 12.9. The molecule has 1 aromatic carbocycles. The number of aryl methyl sites for hydroxylation is 1. The number of aliphatic imine (C=N–C) groups is 1. The first-order valence-electron chi connectivity index (χ1n) is 11.5. The molecule has 2 aromatic heterocycles. The van der Waals surface area contributed by atoms with Crippen LogP contribution in [0.3, 0.4) is 0 Å². The number of carbonyl (C=O) groups excluding carboxylic acids is 1. The Labute approximate surface area is 218 Å². The molecule has 0 fully saturated rings. The second-order valence-corrected chi connectivity index (χ2v) is 8.08. The van der Waals surface area contributed by atoms with Crippen LogP contribution in [-0.2, 0) is 40.5 Å². The highest BCUT2D eigenvalue weighted by Gasteiger charge is 2.30. The van der Waals surface area contributed by atoms with Gasteiger partial charge in [-0.1, -0.05) is 30.8 Å². The minimum absolute atomic E-state index is 0.0259. The van der Waals surface area contributed by atoms with Crippen molar-refractivity contribution in [2.75, 3.05) is 27.4 Å². The minimum Gasteiger partial charge on any atom is -0.480 e. The van der Waals surface area contributed by atoms with E-state index in [9.17, 15) is 18.0 Å². The van der Waals surface area contributed by atoms with Crippen molar-refractivity contribution >= 4 is 17.5 Å². The Hall–Kier alpha value is -4.19. The van der Waals surface area contributed by atoms with Gasteiger partial charge in [0, 0.05) is 33.0 Å². The minimum atomic E-state index is -4.48. The van der Waals surface area contributed by atoms with Crippen LogP contribution >= 0.6 is 0 Å². The van der Waals surface area contributed by atoms with Crippen LogP contribution in [0.4, 0.5) is 13.2 Å². The van der Waals surface area contributed by atoms with Gasteiger partial charge in [0.15, 0.2) is 0 Å². The zero-order chi connectivity index (χ0) is 27.7. The molecule has 0 aliphatic rings. The first-order valence-corrected chi connectivity index (χ1v) is 11.5. The fourth-order valence-corrected chi connectivity index (χ4v) is 3.35. The summed E-state index contributed by atoms with van der Waals surface area (Å²) >= 11 is 0. The molecule has 0 saturated heterocycles. The Morgan fingerprint density at radius 1 is 1.13 bits per heavy atom. The third kappa shape index (κ3) is 7.65. The summed E-state index contributed by atoms with van der Waals surface area (Å²) in [5, 5.41) is 6.99. The number of hydrogen-bond donors (Lipinski definition) is 1. The van der Waals surface area contributed by atoms with Gasteiger partial charge in [0.2, 0.25) is 17.7 Å². The van der Waals surface area contributed by atoms with Gasteiger partial charge in [-0.3, -0.25) is 9.48 Å². The van der Waals surface area contributed by atoms with E-state index in [1.807, 2.05) is 12.1 Å². The summed E-state index contributed by atoms with van der Waals surface area (Å²) in [4.78, 5) is 20.2. The number of hydrogen-bond acceptors (Lipinski definition) is 7. The van der Waals surface area contributed by atoms with Gasteiger partial charge in [-0.05, 0) is 17.2 Å². The van der Waals surface area contributed by atoms with E-state index in [1.165, 1.54) is 7.11 Å². The van der Waals surface area contributed by atoms with Gasteiger partial charge >= 0.3 is 6.18 Å². The van der Waals surface area contributed by atoms with Crippen molar-refractivity contribution in [2.24, 2.45) is 12.0 Å². The Bertz CT molecular complexity index is 1270. The predicted octanol–water partition coefficient (Wildman–Crippen LogP) is 3.78. The van der Waals surface area contributed by atoms with Gasteiger partial charge in [0.1, 0.15) is 6.61 Å². The van der Waals surface area contributed by atoms with Gasteiger partial charge < -0.3 is 19.5 Å². The maximum atomic E-state index is 12.8. The van der Waals surface area contributed by atoms with Gasteiger partial charge in [-0.2, -0.15) is 18.3 Å². The van der Waals surface area contributed by atoms with Crippen LogP contribution < -0.4 is 10.1 Å². The monoisotopic (exact) mass is 531 g/mol. The van der Waals surface area contributed by atoms with E-state index in [0.29, 0.717) is 36.3 Å². The topological polar surface area (TPSA) is 99.9 Å². The first kappa shape index (κ1) is 28.4. The summed E-state index contributed by atoms with van der Waals surface area (Å²) in [6.45, 7) is 4.87. The molecule has 0 spiro atoms. The fraction of sp³-hybridized carbons (Fsp3) is 0.308. The van der Waals surface area contributed by atoms with Gasteiger partial charge in [0.05, 0.1) is 48.9 Å². The zero-order valence-electron chi connectivity index (χ0n) is 21.2. The number of aromatic nitrogens is 3. The van der Waals surface area contributed by atoms with Crippen molar-refractivity contribution in [1.29, 1.82) is 0 Å². The van der Waals surface area contributed by atoms with Crippen LogP contribution in [0, 0.1) is 0 Å². The van der Waals surface area contributed by atoms with Crippen LogP contribution in [0.5, 0.6) is 5.88 Å². The molecule has 0 saturated carbocycles. The van der Waals surface area contributed by atoms with E-state index in [4.69, 9.17) is 14.2 Å². The van der Waals surface area contributed by atoms with E-state index in [-0.39, 0.29) is 30.7 Å². The molecule has 0 bridgehead atoms. The van der Waals surface area contributed by atoms with Gasteiger partial charge in [-0.25, -0.2) is 9.98 Å². The Balaban J connectivity index is 1.69. The van der Waals surface area contributed by atoms with Crippen LogP contribution in [0.1, 0.15) is 27.9 Å². The highest BCUT2D eigenvalue weighted by molar-refractivity contribution is 5.98. The predicted molar refractivity (Wildman–Crippen MR) is 134 cm³/mol. The SMILES string of the molecule is C=C(N=C(OC)c1cnn(C)c1COc1ccc(C(F)(F)F)cn1)c1ccc(CC(=O)NCCOC)cc1. The molecule has 202 valence electrons. The largest absolute Gasteiger partial charge is 0.480 e. The summed E-state index contributed by atoms with van der Waals surface area (Å²) in [5.74, 6) is 0.146. The van der Waals surface area contributed by atoms with Crippen molar-refractivity contribution in [2.45, 2.75) is 19.2 Å². The smallest absolute Gasteiger partial charge is 0.417 e. The number of nitrogens with zero attached hydrogens (tertiary/aromatic N) is 4. The molecule has 3 aromatic rings. The molecule has 1 amide bonds. The first-order chi connectivity index (χ1) is 18.1. The van der Waals surface area contributed by atoms with Crippen molar-refractivity contribution in [3.63, 3.8) is 0 Å². The zero-order valence-corrected chi connectivity index (χ0v) is 21.2. The number of alkyl halides is 3. The quantitative estimate of drug-likeness (QED) is 0.230. The average molecular weight is 532 g/mol. The molecule has 1 N–H and O–H groups in total. The lowest BCUT2D eigenvalue weighted by atomic mass is 10.1. The number of pyridine rings is 1. The van der Waals surface area contributed by atoms with Gasteiger partial charge in [0.25, 0.3) is 0 Å². The van der Waals surface area contributed by atoms with E-state index >= 15 is 0 Å². The van der Waals surface area contributed by atoms with E-state index in [1.54, 1.807) is 37.2 Å². The van der Waals surface area contributed by atoms with E-state index < -0.39 is 11.7 Å². The Morgan fingerprint density at radius 2 is 1.87 bits per heavy atom. The molecule has 38 heavy (non-hydrogen) atoms. The summed E-state index contributed by atoms with van der Waals surface area (Å²) in [6, 6.07) is 9.30. The maximum Gasteiger partial charge on any atom is 0.417 e. The fourth-order valence-electron chi connectivity index (χ4n) is 3.35. The molecule has 0 aliphatic carbocycles. The molecular weight excluding hydrogens is 503 g/mol. The summed E-state index contributed by atoms with van der Waals surface area (Å²) in [5.41, 5.74) is 2.19. The number of carbonyl (C=O) groups is 1. The lowest BCUT2D eigenvalue weighted by molar-refractivity contribution is -0.137. The normalized spacial score (nSPS) is 11.8. The Kier molecular flexibility index (Phi) is 9.61. The van der Waals surface area contributed by atoms with Crippen molar-refractivity contribution in [1.82, 2.24) is 20.1 Å². The highest BCUT2D eigenvalue weighted by Crippen LogP contribution is 2.29. The number of halogens is 3.